The van der Waals surface area contributed by atoms with Gasteiger partial charge in [0, 0.05) is 12.5 Å². The van der Waals surface area contributed by atoms with E-state index in [-0.39, 0.29) is 23.1 Å². The summed E-state index contributed by atoms with van der Waals surface area (Å²) in [5, 5.41) is 1.13. The average molecular weight is 348 g/mol. The smallest absolute Gasteiger partial charge is 0.262 e. The minimum absolute atomic E-state index is 0.101. The van der Waals surface area contributed by atoms with Crippen molar-refractivity contribution in [2.75, 3.05) is 19.5 Å². The Bertz CT molecular complexity index is 793. The van der Waals surface area contributed by atoms with Crippen molar-refractivity contribution in [1.82, 2.24) is 9.55 Å². The zero-order valence-corrected chi connectivity index (χ0v) is 15.6. The number of hydrogen-bond acceptors (Lipinski definition) is 5. The SMILES string of the molecule is COC[C@H](C)n1c(SCC(=O)C(C)(C)C)nc2ccccc2c1=O. The second kappa shape index (κ2) is 7.49. The summed E-state index contributed by atoms with van der Waals surface area (Å²) < 4.78 is 6.83. The van der Waals surface area contributed by atoms with Crippen LogP contribution in [0, 0.1) is 5.41 Å². The molecule has 2 rings (SSSR count). The Morgan fingerprint density at radius 3 is 2.62 bits per heavy atom. The zero-order chi connectivity index (χ0) is 17.9. The number of hydrogen-bond donors (Lipinski definition) is 0. The lowest BCUT2D eigenvalue weighted by Crippen LogP contribution is -2.29. The number of fused-ring (bicyclic) bond motifs is 1. The molecule has 0 radical (unpaired) electrons. The van der Waals surface area contributed by atoms with Gasteiger partial charge in [0.1, 0.15) is 5.78 Å². The van der Waals surface area contributed by atoms with Crippen molar-refractivity contribution in [2.24, 2.45) is 5.41 Å². The number of rotatable bonds is 6. The largest absolute Gasteiger partial charge is 0.383 e. The van der Waals surface area contributed by atoms with E-state index in [2.05, 4.69) is 4.98 Å². The van der Waals surface area contributed by atoms with Gasteiger partial charge in [-0.05, 0) is 19.1 Å². The van der Waals surface area contributed by atoms with Crippen LogP contribution in [0.5, 0.6) is 0 Å². The molecule has 5 nitrogen and oxygen atoms in total. The average Bonchev–Trinajstić information content (AvgIpc) is 2.51. The van der Waals surface area contributed by atoms with Crippen LogP contribution in [0.3, 0.4) is 0 Å². The fourth-order valence-electron chi connectivity index (χ4n) is 2.28. The number of Topliss-reactive ketones (excluding diaryl/α,β-unsaturated/α-hetero) is 1. The molecule has 130 valence electrons. The van der Waals surface area contributed by atoms with E-state index in [1.54, 1.807) is 17.7 Å². The monoisotopic (exact) mass is 348 g/mol. The standard InChI is InChI=1S/C18H24N2O3S/c1-12(10-23-5)20-16(22)13-8-6-7-9-14(13)19-17(20)24-11-15(21)18(2,3)4/h6-9,12H,10-11H2,1-5H3/t12-/m0/s1. The third-order valence-electron chi connectivity index (χ3n) is 3.79. The molecule has 0 saturated heterocycles. The van der Waals surface area contributed by atoms with Crippen LogP contribution in [-0.4, -0.2) is 34.8 Å². The van der Waals surface area contributed by atoms with Crippen LogP contribution in [0.2, 0.25) is 0 Å². The number of para-hydroxylation sites is 1. The molecule has 0 aliphatic rings. The topological polar surface area (TPSA) is 61.2 Å². The number of ketones is 1. The zero-order valence-electron chi connectivity index (χ0n) is 14.8. The second-order valence-electron chi connectivity index (χ2n) is 6.85. The Labute approximate surface area is 146 Å². The number of carbonyl (C=O) groups excluding carboxylic acids is 1. The van der Waals surface area contributed by atoms with E-state index in [9.17, 15) is 9.59 Å². The molecule has 0 N–H and O–H groups in total. The van der Waals surface area contributed by atoms with E-state index in [4.69, 9.17) is 4.74 Å². The van der Waals surface area contributed by atoms with E-state index in [1.807, 2.05) is 45.9 Å². The number of benzene rings is 1. The molecule has 0 fully saturated rings. The summed E-state index contributed by atoms with van der Waals surface area (Å²) in [6, 6.07) is 7.11. The third kappa shape index (κ3) is 4.05. The molecule has 0 amide bonds. The summed E-state index contributed by atoms with van der Waals surface area (Å²) >= 11 is 1.31. The van der Waals surface area contributed by atoms with Crippen LogP contribution in [0.15, 0.2) is 34.2 Å². The molecule has 2 aromatic rings. The highest BCUT2D eigenvalue weighted by atomic mass is 32.2. The minimum Gasteiger partial charge on any atom is -0.383 e. The van der Waals surface area contributed by atoms with Gasteiger partial charge in [-0.2, -0.15) is 0 Å². The molecule has 24 heavy (non-hydrogen) atoms. The molecule has 1 aromatic heterocycles. The van der Waals surface area contributed by atoms with E-state index < -0.39 is 5.41 Å². The van der Waals surface area contributed by atoms with Crippen molar-refractivity contribution in [3.63, 3.8) is 0 Å². The van der Waals surface area contributed by atoms with Gasteiger partial charge in [0.15, 0.2) is 5.16 Å². The summed E-state index contributed by atoms with van der Waals surface area (Å²) in [4.78, 5) is 29.7. The van der Waals surface area contributed by atoms with Crippen molar-refractivity contribution in [2.45, 2.75) is 38.9 Å². The van der Waals surface area contributed by atoms with Crippen LogP contribution in [0.1, 0.15) is 33.7 Å². The van der Waals surface area contributed by atoms with Gasteiger partial charge in [-0.1, -0.05) is 44.7 Å². The Balaban J connectivity index is 2.48. The van der Waals surface area contributed by atoms with Crippen LogP contribution < -0.4 is 5.56 Å². The van der Waals surface area contributed by atoms with Crippen molar-refractivity contribution in [3.05, 3.63) is 34.6 Å². The minimum atomic E-state index is -0.410. The molecular formula is C18H24N2O3S. The molecule has 0 unspecified atom stereocenters. The van der Waals surface area contributed by atoms with Crippen LogP contribution in [-0.2, 0) is 9.53 Å². The fourth-order valence-corrected chi connectivity index (χ4v) is 3.54. The second-order valence-corrected chi connectivity index (χ2v) is 7.80. The van der Waals surface area contributed by atoms with Crippen molar-refractivity contribution >= 4 is 28.4 Å². The van der Waals surface area contributed by atoms with Crippen LogP contribution >= 0.6 is 11.8 Å². The first-order chi connectivity index (χ1) is 11.3. The quantitative estimate of drug-likeness (QED) is 0.592. The lowest BCUT2D eigenvalue weighted by atomic mass is 9.92. The van der Waals surface area contributed by atoms with Crippen molar-refractivity contribution < 1.29 is 9.53 Å². The summed E-state index contributed by atoms with van der Waals surface area (Å²) in [5.74, 6) is 0.411. The highest BCUT2D eigenvalue weighted by molar-refractivity contribution is 7.99. The lowest BCUT2D eigenvalue weighted by molar-refractivity contribution is -0.123. The Morgan fingerprint density at radius 1 is 1.33 bits per heavy atom. The Kier molecular flexibility index (Phi) is 5.83. The number of ether oxygens (including phenoxy) is 1. The summed E-state index contributed by atoms with van der Waals surface area (Å²) in [5.41, 5.74) is 0.137. The number of carbonyl (C=O) groups is 1. The molecule has 1 atom stereocenters. The maximum atomic E-state index is 12.9. The molecule has 1 heterocycles. The molecule has 0 bridgehead atoms. The number of aromatic nitrogens is 2. The predicted octanol–water partition coefficient (Wildman–Crippen LogP) is 3.31. The third-order valence-corrected chi connectivity index (χ3v) is 4.75. The van der Waals surface area contributed by atoms with Gasteiger partial charge in [-0.25, -0.2) is 4.98 Å². The maximum absolute atomic E-state index is 12.9. The molecule has 0 aliphatic carbocycles. The van der Waals surface area contributed by atoms with Crippen molar-refractivity contribution in [1.29, 1.82) is 0 Å². The number of thioether (sulfide) groups is 1. The first kappa shape index (κ1) is 18.7. The molecule has 0 spiro atoms. The predicted molar refractivity (Wildman–Crippen MR) is 97.8 cm³/mol. The fraction of sp³-hybridized carbons (Fsp3) is 0.500. The molecule has 0 saturated carbocycles. The van der Waals surface area contributed by atoms with Gasteiger partial charge in [0.2, 0.25) is 0 Å². The Morgan fingerprint density at radius 2 is 2.00 bits per heavy atom. The van der Waals surface area contributed by atoms with Gasteiger partial charge >= 0.3 is 0 Å². The van der Waals surface area contributed by atoms with Crippen LogP contribution in [0.4, 0.5) is 0 Å². The Hall–Kier alpha value is -1.66. The molecule has 1 aromatic carbocycles. The normalized spacial score (nSPS) is 13.2. The van der Waals surface area contributed by atoms with Gasteiger partial charge in [-0.15, -0.1) is 0 Å². The van der Waals surface area contributed by atoms with E-state index >= 15 is 0 Å². The van der Waals surface area contributed by atoms with Crippen LogP contribution in [0.25, 0.3) is 10.9 Å². The van der Waals surface area contributed by atoms with Gasteiger partial charge in [0.25, 0.3) is 5.56 Å². The van der Waals surface area contributed by atoms with Crippen molar-refractivity contribution in [3.8, 4) is 0 Å². The van der Waals surface area contributed by atoms with E-state index in [0.29, 0.717) is 22.7 Å². The van der Waals surface area contributed by atoms with E-state index in [1.165, 1.54) is 11.8 Å². The van der Waals surface area contributed by atoms with E-state index in [0.717, 1.165) is 0 Å². The van der Waals surface area contributed by atoms with Gasteiger partial charge in [-0.3, -0.25) is 14.2 Å². The number of nitrogens with zero attached hydrogens (tertiary/aromatic N) is 2. The highest BCUT2D eigenvalue weighted by Crippen LogP contribution is 2.24. The van der Waals surface area contributed by atoms with Gasteiger partial charge in [0.05, 0.1) is 29.3 Å². The first-order valence-corrected chi connectivity index (χ1v) is 8.90. The summed E-state index contributed by atoms with van der Waals surface area (Å²) in [7, 11) is 1.60. The van der Waals surface area contributed by atoms with Gasteiger partial charge < -0.3 is 4.74 Å². The molecule has 6 heteroatoms. The lowest BCUT2D eigenvalue weighted by Gasteiger charge is -2.20. The number of methoxy groups -OCH3 is 1. The summed E-state index contributed by atoms with van der Waals surface area (Å²) in [6.45, 7) is 8.00. The molecular weight excluding hydrogens is 324 g/mol. The molecule has 0 aliphatic heterocycles. The maximum Gasteiger partial charge on any atom is 0.262 e. The first-order valence-electron chi connectivity index (χ1n) is 7.92. The summed E-state index contributed by atoms with van der Waals surface area (Å²) in [6.07, 6.45) is 0. The highest BCUT2D eigenvalue weighted by Gasteiger charge is 2.23.